The van der Waals surface area contributed by atoms with E-state index in [0.29, 0.717) is 44.4 Å². The van der Waals surface area contributed by atoms with Crippen LogP contribution in [0.25, 0.3) is 48.7 Å². The monoisotopic (exact) mass is 798 g/mol. The second kappa shape index (κ2) is 12.8. The summed E-state index contributed by atoms with van der Waals surface area (Å²) in [5.41, 5.74) is 9.47. The molecule has 1 atom stereocenters. The van der Waals surface area contributed by atoms with Crippen LogP contribution in [-0.4, -0.2) is 23.6 Å². The predicted molar refractivity (Wildman–Crippen MR) is 247 cm³/mol. The summed E-state index contributed by atoms with van der Waals surface area (Å²) < 4.78 is 0. The van der Waals surface area contributed by atoms with Gasteiger partial charge in [0, 0.05) is 50.4 Å². The first-order valence-corrected chi connectivity index (χ1v) is 21.1. The highest BCUT2D eigenvalue weighted by Crippen LogP contribution is 2.49. The van der Waals surface area contributed by atoms with Crippen molar-refractivity contribution in [3.63, 3.8) is 0 Å². The molecule has 7 aromatic rings. The zero-order chi connectivity index (χ0) is 41.4. The van der Waals surface area contributed by atoms with Crippen LogP contribution in [-0.2, 0) is 0 Å². The number of carbonyl (C=O) groups excluding carboxylic acids is 4. The van der Waals surface area contributed by atoms with Gasteiger partial charge in [0.15, 0.2) is 0 Å². The Morgan fingerprint density at radius 3 is 1.58 bits per heavy atom. The molecule has 0 bridgehead atoms. The standard InChI is InChI=1S/C56H34N2O4/c59-53-43-25-21-39-41-23-27-45-52-46(56(62)58(55(45)61)48-16-8-6-14-38(48)36-20-18-34(30-36)32-11-3-4-12-32)28-24-42(50(41)52)40-22-26-44(51(43)49(39)40)54(60)57(53)47-15-7-5-13-37(47)35-19-17-33(29-35)31-9-1-2-10-31/h1-11,13-28,30-31,36H,12,29H2. The van der Waals surface area contributed by atoms with Crippen LogP contribution in [0, 0.1) is 5.92 Å². The Kier molecular flexibility index (Phi) is 7.18. The van der Waals surface area contributed by atoms with E-state index >= 15 is 0 Å². The van der Waals surface area contributed by atoms with Gasteiger partial charge in [0.1, 0.15) is 0 Å². The molecule has 0 N–H and O–H groups in total. The van der Waals surface area contributed by atoms with Crippen molar-refractivity contribution in [2.75, 3.05) is 9.80 Å². The van der Waals surface area contributed by atoms with Gasteiger partial charge in [-0.25, -0.2) is 9.80 Å². The van der Waals surface area contributed by atoms with Crippen LogP contribution in [0.5, 0.6) is 0 Å². The van der Waals surface area contributed by atoms with E-state index in [-0.39, 0.29) is 35.5 Å². The van der Waals surface area contributed by atoms with Crippen molar-refractivity contribution in [2.24, 2.45) is 5.92 Å². The molecule has 13 rings (SSSR count). The summed E-state index contributed by atoms with van der Waals surface area (Å²) in [7, 11) is 0. The molecule has 0 aromatic heterocycles. The van der Waals surface area contributed by atoms with Gasteiger partial charge in [0.05, 0.1) is 11.4 Å². The fourth-order valence-corrected chi connectivity index (χ4v) is 10.8. The number of amides is 4. The summed E-state index contributed by atoms with van der Waals surface area (Å²) in [4.78, 5) is 61.6. The van der Waals surface area contributed by atoms with E-state index in [1.54, 1.807) is 0 Å². The van der Waals surface area contributed by atoms with Crippen molar-refractivity contribution in [3.8, 4) is 0 Å². The van der Waals surface area contributed by atoms with E-state index < -0.39 is 0 Å². The first-order chi connectivity index (χ1) is 30.4. The first-order valence-electron chi connectivity index (χ1n) is 21.1. The Morgan fingerprint density at radius 2 is 1.00 bits per heavy atom. The molecular formula is C56H34N2O4. The van der Waals surface area contributed by atoms with Crippen molar-refractivity contribution >= 4 is 83.7 Å². The SMILES string of the molecule is O=C1c2ccc3c4ccc5c6c(ccc(c7ccc(c2c37)C(=O)N1c1ccccc1C1=CC=C(C2C=CC=C2)C1)c64)C(=O)N(c1ccccc1C1C=CC(C2=CC=CC2)=C1)C5=O. The van der Waals surface area contributed by atoms with Gasteiger partial charge in [-0.3, -0.25) is 19.2 Å². The lowest BCUT2D eigenvalue weighted by molar-refractivity contribution is 0.0877. The molecule has 6 nitrogen and oxygen atoms in total. The first kappa shape index (κ1) is 34.9. The van der Waals surface area contributed by atoms with Crippen LogP contribution in [0.4, 0.5) is 11.4 Å². The van der Waals surface area contributed by atoms with E-state index in [0.717, 1.165) is 67.4 Å². The van der Waals surface area contributed by atoms with Crippen molar-refractivity contribution in [1.82, 2.24) is 0 Å². The Hall–Kier alpha value is -7.96. The molecule has 0 fully saturated rings. The highest BCUT2D eigenvalue weighted by Gasteiger charge is 2.39. The number of nitrogens with zero attached hydrogens (tertiary/aromatic N) is 2. The summed E-state index contributed by atoms with van der Waals surface area (Å²) in [6, 6.07) is 30.5. The average molecular weight is 799 g/mol. The van der Waals surface area contributed by atoms with Crippen molar-refractivity contribution in [3.05, 3.63) is 220 Å². The molecule has 4 amide bonds. The molecule has 2 aliphatic heterocycles. The normalized spacial score (nSPS) is 19.1. The van der Waals surface area contributed by atoms with Gasteiger partial charge in [-0.1, -0.05) is 139 Å². The summed E-state index contributed by atoms with van der Waals surface area (Å²) in [6.45, 7) is 0. The molecule has 0 radical (unpaired) electrons. The van der Waals surface area contributed by atoms with E-state index in [1.165, 1.54) is 20.9 Å². The van der Waals surface area contributed by atoms with Gasteiger partial charge < -0.3 is 0 Å². The van der Waals surface area contributed by atoms with Gasteiger partial charge in [-0.15, -0.1) is 0 Å². The van der Waals surface area contributed by atoms with E-state index in [2.05, 4.69) is 72.9 Å². The minimum Gasteiger partial charge on any atom is -0.268 e. The second-order valence-corrected chi connectivity index (χ2v) is 16.8. The van der Waals surface area contributed by atoms with Crippen LogP contribution in [0.15, 0.2) is 187 Å². The van der Waals surface area contributed by atoms with Crippen molar-refractivity contribution in [2.45, 2.75) is 18.8 Å². The van der Waals surface area contributed by atoms with Gasteiger partial charge in [0.25, 0.3) is 23.6 Å². The number of hydrogen-bond donors (Lipinski definition) is 0. The van der Waals surface area contributed by atoms with Gasteiger partial charge >= 0.3 is 0 Å². The highest BCUT2D eigenvalue weighted by molar-refractivity contribution is 6.45. The number of fused-ring (bicyclic) bond motifs is 2. The minimum atomic E-state index is -0.368. The predicted octanol–water partition coefficient (Wildman–Crippen LogP) is 12.3. The zero-order valence-corrected chi connectivity index (χ0v) is 33.3. The van der Waals surface area contributed by atoms with Crippen LogP contribution >= 0.6 is 0 Å². The minimum absolute atomic E-state index is 0.0912. The quantitative estimate of drug-likeness (QED) is 0.0954. The Bertz CT molecular complexity index is 3440. The molecular weight excluding hydrogens is 765 g/mol. The van der Waals surface area contributed by atoms with Gasteiger partial charge in [-0.2, -0.15) is 0 Å². The molecule has 6 heteroatoms. The van der Waals surface area contributed by atoms with Crippen LogP contribution in [0.2, 0.25) is 0 Å². The molecule has 0 spiro atoms. The molecule has 2 heterocycles. The van der Waals surface area contributed by atoms with Gasteiger partial charge in [-0.05, 0) is 104 Å². The Morgan fingerprint density at radius 1 is 0.452 bits per heavy atom. The summed E-state index contributed by atoms with van der Waals surface area (Å²) >= 11 is 0. The number of benzene rings is 7. The van der Waals surface area contributed by atoms with Gasteiger partial charge in [0.2, 0.25) is 0 Å². The number of anilines is 2. The molecule has 6 aliphatic rings. The fraction of sp³-hybridized carbons (Fsp3) is 0.0714. The third kappa shape index (κ3) is 4.69. The molecule has 7 aromatic carbocycles. The largest absolute Gasteiger partial charge is 0.268 e. The number of imide groups is 2. The number of rotatable bonds is 6. The summed E-state index contributed by atoms with van der Waals surface area (Å²) in [6.07, 6.45) is 27.1. The maximum absolute atomic E-state index is 14.7. The Labute approximate surface area is 356 Å². The van der Waals surface area contributed by atoms with Crippen LogP contribution < -0.4 is 9.80 Å². The molecule has 0 saturated carbocycles. The van der Waals surface area contributed by atoms with Crippen molar-refractivity contribution < 1.29 is 19.2 Å². The van der Waals surface area contributed by atoms with Crippen LogP contribution in [0.1, 0.15) is 71.3 Å². The lowest BCUT2D eigenvalue weighted by Gasteiger charge is -2.31. The average Bonchev–Trinajstić information content (AvgIpc) is 4.16. The molecule has 1 unspecified atom stereocenters. The van der Waals surface area contributed by atoms with E-state index in [9.17, 15) is 19.2 Å². The molecule has 62 heavy (non-hydrogen) atoms. The maximum Gasteiger partial charge on any atom is 0.266 e. The number of hydrogen-bond acceptors (Lipinski definition) is 4. The highest BCUT2D eigenvalue weighted by atomic mass is 16.2. The second-order valence-electron chi connectivity index (χ2n) is 16.8. The summed E-state index contributed by atoms with van der Waals surface area (Å²) in [5.74, 6) is -1.31. The number of allylic oxidation sites excluding steroid dienone is 16. The molecule has 4 aliphatic carbocycles. The lowest BCUT2D eigenvalue weighted by Crippen LogP contribution is -2.41. The Balaban J connectivity index is 0.911. The third-order valence-electron chi connectivity index (χ3n) is 13.7. The molecule has 0 saturated heterocycles. The van der Waals surface area contributed by atoms with E-state index in [1.807, 2.05) is 97.1 Å². The number of para-hydroxylation sites is 2. The fourth-order valence-electron chi connectivity index (χ4n) is 10.8. The van der Waals surface area contributed by atoms with Crippen LogP contribution in [0.3, 0.4) is 0 Å². The number of carbonyl (C=O) groups is 4. The summed E-state index contributed by atoms with van der Waals surface area (Å²) in [5, 5.41) is 6.30. The van der Waals surface area contributed by atoms with E-state index in [4.69, 9.17) is 0 Å². The maximum atomic E-state index is 14.7. The van der Waals surface area contributed by atoms with Crippen molar-refractivity contribution in [1.29, 1.82) is 0 Å². The lowest BCUT2D eigenvalue weighted by atomic mass is 9.82. The zero-order valence-electron chi connectivity index (χ0n) is 33.3. The third-order valence-corrected chi connectivity index (χ3v) is 13.7. The molecule has 292 valence electrons. The smallest absolute Gasteiger partial charge is 0.266 e. The topological polar surface area (TPSA) is 74.8 Å².